The summed E-state index contributed by atoms with van der Waals surface area (Å²) in [4.78, 5) is 0. The molecular formula is C13H27NO2S. The van der Waals surface area contributed by atoms with Crippen molar-refractivity contribution in [3.8, 4) is 0 Å². The smallest absolute Gasteiger partial charge is 0.0620 e. The maximum Gasteiger partial charge on any atom is 0.0620 e. The van der Waals surface area contributed by atoms with Crippen molar-refractivity contribution in [1.82, 2.24) is 4.31 Å². The van der Waals surface area contributed by atoms with E-state index in [0.29, 0.717) is 0 Å². The van der Waals surface area contributed by atoms with Gasteiger partial charge in [0.1, 0.15) is 0 Å². The van der Waals surface area contributed by atoms with Gasteiger partial charge in [-0.25, -0.2) is 4.31 Å². The first-order valence-corrected chi connectivity index (χ1v) is 8.54. The zero-order chi connectivity index (χ0) is 12.3. The highest BCUT2D eigenvalue weighted by Gasteiger charge is 2.36. The normalized spacial score (nSPS) is 32.2. The van der Waals surface area contributed by atoms with Crippen molar-refractivity contribution < 1.29 is 8.37 Å². The first-order chi connectivity index (χ1) is 8.25. The Morgan fingerprint density at radius 3 is 2.29 bits per heavy atom. The molecule has 0 aromatic carbocycles. The number of hydrogen-bond donors (Lipinski definition) is 0. The van der Waals surface area contributed by atoms with E-state index >= 15 is 0 Å². The van der Waals surface area contributed by atoms with E-state index in [1.807, 2.05) is 0 Å². The van der Waals surface area contributed by atoms with Crippen LogP contribution in [0.25, 0.3) is 0 Å². The molecule has 102 valence electrons. The van der Waals surface area contributed by atoms with E-state index in [1.165, 1.54) is 38.6 Å². The molecule has 0 aromatic rings. The van der Waals surface area contributed by atoms with Gasteiger partial charge in [0, 0.05) is 13.1 Å². The van der Waals surface area contributed by atoms with Crippen LogP contribution >= 0.6 is 10.8 Å². The molecule has 1 heterocycles. The predicted octanol–water partition coefficient (Wildman–Crippen LogP) is 3.36. The molecule has 1 aliphatic carbocycles. The molecule has 0 aromatic heterocycles. The van der Waals surface area contributed by atoms with Crippen LogP contribution in [0, 0.1) is 11.8 Å². The zero-order valence-corrected chi connectivity index (χ0v) is 12.3. The predicted molar refractivity (Wildman–Crippen MR) is 73.8 cm³/mol. The molecule has 0 amide bonds. The molecular weight excluding hydrogens is 234 g/mol. The van der Waals surface area contributed by atoms with E-state index in [4.69, 9.17) is 8.37 Å². The third-order valence-corrected chi connectivity index (χ3v) is 7.42. The molecule has 3 nitrogen and oxygen atoms in total. The van der Waals surface area contributed by atoms with Crippen LogP contribution in [0.5, 0.6) is 0 Å². The van der Waals surface area contributed by atoms with Crippen molar-refractivity contribution in [3.05, 3.63) is 0 Å². The van der Waals surface area contributed by atoms with E-state index in [2.05, 4.69) is 11.2 Å². The van der Waals surface area contributed by atoms with Gasteiger partial charge in [-0.05, 0) is 31.6 Å². The van der Waals surface area contributed by atoms with Crippen LogP contribution in [-0.2, 0) is 8.37 Å². The molecule has 0 bridgehead atoms. The quantitative estimate of drug-likeness (QED) is 0.774. The number of fused-ring (bicyclic) bond motifs is 1. The highest BCUT2D eigenvalue weighted by molar-refractivity contribution is 8.23. The molecule has 2 rings (SSSR count). The fourth-order valence-corrected chi connectivity index (χ4v) is 5.71. The minimum absolute atomic E-state index is 0.890. The fraction of sp³-hybridized carbons (Fsp3) is 1.00. The summed E-state index contributed by atoms with van der Waals surface area (Å²) in [5, 5.41) is 0. The molecule has 4 heteroatoms. The monoisotopic (exact) mass is 261 g/mol. The first-order valence-electron chi connectivity index (χ1n) is 6.93. The Hall–Kier alpha value is 0.230. The van der Waals surface area contributed by atoms with E-state index in [-0.39, 0.29) is 0 Å². The Labute approximate surface area is 108 Å². The van der Waals surface area contributed by atoms with Crippen molar-refractivity contribution in [3.63, 3.8) is 0 Å². The van der Waals surface area contributed by atoms with Gasteiger partial charge in [-0.2, -0.15) is 0 Å². The average molecular weight is 261 g/mol. The number of hydrogen-bond acceptors (Lipinski definition) is 3. The van der Waals surface area contributed by atoms with Crippen LogP contribution in [0.1, 0.15) is 39.0 Å². The summed E-state index contributed by atoms with van der Waals surface area (Å²) < 4.78 is 14.0. The van der Waals surface area contributed by atoms with Crippen LogP contribution in [-0.4, -0.2) is 37.4 Å². The van der Waals surface area contributed by atoms with Crippen molar-refractivity contribution in [2.24, 2.45) is 11.8 Å². The van der Waals surface area contributed by atoms with Gasteiger partial charge in [0.05, 0.1) is 20.0 Å². The van der Waals surface area contributed by atoms with Crippen LogP contribution in [0.15, 0.2) is 0 Å². The SMILES string of the molecule is CCS(OC)(OC)N1CCC2CCCCC2C1. The highest BCUT2D eigenvalue weighted by atomic mass is 32.3. The Morgan fingerprint density at radius 1 is 1.06 bits per heavy atom. The minimum Gasteiger partial charge on any atom is -0.274 e. The Balaban J connectivity index is 2.02. The lowest BCUT2D eigenvalue weighted by molar-refractivity contribution is 0.123. The van der Waals surface area contributed by atoms with Gasteiger partial charge in [0.15, 0.2) is 0 Å². The molecule has 0 spiro atoms. The molecule has 2 unspecified atom stereocenters. The molecule has 0 N–H and O–H groups in total. The van der Waals surface area contributed by atoms with Crippen molar-refractivity contribution in [2.75, 3.05) is 33.1 Å². The van der Waals surface area contributed by atoms with E-state index in [9.17, 15) is 0 Å². The molecule has 2 fully saturated rings. The van der Waals surface area contributed by atoms with Gasteiger partial charge in [-0.1, -0.05) is 19.3 Å². The average Bonchev–Trinajstić information content (AvgIpc) is 2.41. The van der Waals surface area contributed by atoms with Crippen LogP contribution < -0.4 is 0 Å². The third-order valence-electron chi connectivity index (χ3n) is 4.53. The third kappa shape index (κ3) is 2.65. The molecule has 17 heavy (non-hydrogen) atoms. The molecule has 2 atom stereocenters. The van der Waals surface area contributed by atoms with E-state index < -0.39 is 10.8 Å². The summed E-state index contributed by atoms with van der Waals surface area (Å²) in [6, 6.07) is 0. The van der Waals surface area contributed by atoms with Crippen molar-refractivity contribution in [2.45, 2.75) is 39.0 Å². The highest BCUT2D eigenvalue weighted by Crippen LogP contribution is 2.55. The van der Waals surface area contributed by atoms with Crippen molar-refractivity contribution >= 4 is 10.8 Å². The summed E-state index contributed by atoms with van der Waals surface area (Å²) in [6.07, 6.45) is 7.07. The number of nitrogens with zero attached hydrogens (tertiary/aromatic N) is 1. The lowest BCUT2D eigenvalue weighted by Crippen LogP contribution is -2.44. The summed E-state index contributed by atoms with van der Waals surface area (Å²) in [7, 11) is 2.17. The minimum atomic E-state index is -1.43. The lowest BCUT2D eigenvalue weighted by atomic mass is 9.76. The van der Waals surface area contributed by atoms with Crippen molar-refractivity contribution in [1.29, 1.82) is 0 Å². The van der Waals surface area contributed by atoms with Crippen LogP contribution in [0.4, 0.5) is 0 Å². The molecule has 0 radical (unpaired) electrons. The zero-order valence-electron chi connectivity index (χ0n) is 11.5. The van der Waals surface area contributed by atoms with Gasteiger partial charge < -0.3 is 0 Å². The van der Waals surface area contributed by atoms with Gasteiger partial charge in [-0.15, -0.1) is 10.8 Å². The summed E-state index contributed by atoms with van der Waals surface area (Å²) in [5.74, 6) is 2.83. The number of rotatable bonds is 4. The molecule has 1 saturated carbocycles. The van der Waals surface area contributed by atoms with Gasteiger partial charge in [0.25, 0.3) is 0 Å². The fourth-order valence-electron chi connectivity index (χ4n) is 3.52. The Morgan fingerprint density at radius 2 is 1.71 bits per heavy atom. The maximum absolute atomic E-state index is 5.74. The van der Waals surface area contributed by atoms with E-state index in [0.717, 1.165) is 24.1 Å². The summed E-state index contributed by atoms with van der Waals surface area (Å²) in [6.45, 7) is 4.52. The maximum atomic E-state index is 5.74. The van der Waals surface area contributed by atoms with Crippen LogP contribution in [0.3, 0.4) is 0 Å². The molecule has 1 saturated heterocycles. The van der Waals surface area contributed by atoms with Gasteiger partial charge in [-0.3, -0.25) is 8.37 Å². The number of piperidine rings is 1. The Kier molecular flexibility index (Phi) is 4.75. The summed E-state index contributed by atoms with van der Waals surface area (Å²) in [5.41, 5.74) is 0. The van der Waals surface area contributed by atoms with Crippen LogP contribution in [0.2, 0.25) is 0 Å². The second-order valence-corrected chi connectivity index (χ2v) is 8.11. The summed E-state index contributed by atoms with van der Waals surface area (Å²) >= 11 is 0. The molecule has 1 aliphatic heterocycles. The second-order valence-electron chi connectivity index (χ2n) is 5.19. The molecule has 2 aliphatic rings. The second kappa shape index (κ2) is 5.91. The standard InChI is InChI=1S/C13H27NO2S/c1-4-17(15-2,16-3)14-10-9-12-7-5-6-8-13(12)11-14/h12-13H,4-11H2,1-3H3. The van der Waals surface area contributed by atoms with Gasteiger partial charge in [0.2, 0.25) is 0 Å². The largest absolute Gasteiger partial charge is 0.274 e. The first kappa shape index (κ1) is 13.7. The van der Waals surface area contributed by atoms with E-state index in [1.54, 1.807) is 14.2 Å². The van der Waals surface area contributed by atoms with Gasteiger partial charge >= 0.3 is 0 Å². The Bertz CT molecular complexity index is 237. The lowest BCUT2D eigenvalue weighted by Gasteiger charge is -2.53. The topological polar surface area (TPSA) is 21.7 Å².